The lowest BCUT2D eigenvalue weighted by Crippen LogP contribution is -2.33. The molecule has 0 spiro atoms. The van der Waals surface area contributed by atoms with Gasteiger partial charge in [-0.1, -0.05) is 23.9 Å². The van der Waals surface area contributed by atoms with Crippen molar-refractivity contribution in [2.75, 3.05) is 12.4 Å². The average molecular weight is 399 g/mol. The molecule has 0 N–H and O–H groups in total. The van der Waals surface area contributed by atoms with Gasteiger partial charge in [-0.3, -0.25) is 4.79 Å². The fourth-order valence-electron chi connectivity index (χ4n) is 3.27. The van der Waals surface area contributed by atoms with Gasteiger partial charge >= 0.3 is 0 Å². The Balaban J connectivity index is 1.45. The standard InChI is InChI=1S/C19H21N5O3S/c1-12-8-15(16(25)11-28-19-20-21-22-23(19)3)13(2)24(12)9-14-10-26-17-6-4-5-7-18(17)27-14/h4-8,14H,9-11H2,1-3H3. The van der Waals surface area contributed by atoms with Crippen LogP contribution >= 0.6 is 11.8 Å². The number of ketones is 1. The highest BCUT2D eigenvalue weighted by atomic mass is 32.2. The SMILES string of the molecule is Cc1cc(C(=O)CSc2nnnn2C)c(C)n1CC1COc2ccccc2O1. The zero-order valence-electron chi connectivity index (χ0n) is 16.0. The lowest BCUT2D eigenvalue weighted by molar-refractivity contribution is 0.0777. The second-order valence-corrected chi connectivity index (χ2v) is 7.63. The molecule has 1 aliphatic heterocycles. The van der Waals surface area contributed by atoms with Crippen LogP contribution in [0.4, 0.5) is 0 Å². The first-order chi connectivity index (χ1) is 13.5. The van der Waals surface area contributed by atoms with E-state index >= 15 is 0 Å². The molecular formula is C19H21N5O3S. The van der Waals surface area contributed by atoms with Crippen molar-refractivity contribution >= 4 is 17.5 Å². The Bertz CT molecular complexity index is 1010. The van der Waals surface area contributed by atoms with Crippen molar-refractivity contribution in [3.63, 3.8) is 0 Å². The Morgan fingerprint density at radius 1 is 1.29 bits per heavy atom. The van der Waals surface area contributed by atoms with Crippen LogP contribution in [0, 0.1) is 13.8 Å². The summed E-state index contributed by atoms with van der Waals surface area (Å²) in [6.07, 6.45) is -0.109. The molecule has 1 atom stereocenters. The average Bonchev–Trinajstić information content (AvgIpc) is 3.23. The molecule has 2 aromatic heterocycles. The monoisotopic (exact) mass is 399 g/mol. The first-order valence-corrected chi connectivity index (χ1v) is 9.95. The van der Waals surface area contributed by atoms with E-state index in [1.54, 1.807) is 11.7 Å². The van der Waals surface area contributed by atoms with E-state index in [4.69, 9.17) is 9.47 Å². The fourth-order valence-corrected chi connectivity index (χ4v) is 4.01. The molecule has 0 saturated carbocycles. The molecule has 3 aromatic rings. The van der Waals surface area contributed by atoms with Crippen LogP contribution in [0.1, 0.15) is 21.7 Å². The number of hydrogen-bond donors (Lipinski definition) is 0. The number of carbonyl (C=O) groups is 1. The van der Waals surface area contributed by atoms with Gasteiger partial charge in [-0.25, -0.2) is 4.68 Å². The lowest BCUT2D eigenvalue weighted by Gasteiger charge is -2.27. The Morgan fingerprint density at radius 3 is 2.82 bits per heavy atom. The van der Waals surface area contributed by atoms with Crippen LogP contribution in [0.2, 0.25) is 0 Å². The van der Waals surface area contributed by atoms with Crippen LogP contribution in [-0.2, 0) is 13.6 Å². The molecule has 146 valence electrons. The van der Waals surface area contributed by atoms with Gasteiger partial charge in [0, 0.05) is 24.0 Å². The lowest BCUT2D eigenvalue weighted by atomic mass is 10.2. The summed E-state index contributed by atoms with van der Waals surface area (Å²) in [4.78, 5) is 12.7. The number of tetrazole rings is 1. The van der Waals surface area contributed by atoms with Gasteiger partial charge in [-0.05, 0) is 42.5 Å². The number of rotatable bonds is 6. The first-order valence-electron chi connectivity index (χ1n) is 8.96. The minimum Gasteiger partial charge on any atom is -0.486 e. The maximum absolute atomic E-state index is 12.7. The topological polar surface area (TPSA) is 84.1 Å². The molecular weight excluding hydrogens is 378 g/mol. The van der Waals surface area contributed by atoms with E-state index < -0.39 is 0 Å². The summed E-state index contributed by atoms with van der Waals surface area (Å²) in [5.41, 5.74) is 2.67. The summed E-state index contributed by atoms with van der Waals surface area (Å²) in [6.45, 7) is 5.07. The van der Waals surface area contributed by atoms with Crippen LogP contribution in [0.25, 0.3) is 0 Å². The molecule has 0 bridgehead atoms. The van der Waals surface area contributed by atoms with Crippen LogP contribution in [0.5, 0.6) is 11.5 Å². The van der Waals surface area contributed by atoms with Crippen LogP contribution < -0.4 is 9.47 Å². The van der Waals surface area contributed by atoms with E-state index in [1.807, 2.05) is 44.2 Å². The maximum atomic E-state index is 12.7. The number of fused-ring (bicyclic) bond motifs is 1. The Labute approximate surface area is 166 Å². The van der Waals surface area contributed by atoms with Crippen molar-refractivity contribution in [3.8, 4) is 11.5 Å². The Hall–Kier alpha value is -2.81. The third-order valence-electron chi connectivity index (χ3n) is 4.74. The first kappa shape index (κ1) is 18.5. The number of carbonyl (C=O) groups excluding carboxylic acids is 1. The summed E-state index contributed by atoms with van der Waals surface area (Å²) in [6, 6.07) is 9.60. The van der Waals surface area contributed by atoms with Crippen LogP contribution in [0.15, 0.2) is 35.5 Å². The van der Waals surface area contributed by atoms with Gasteiger partial charge in [0.2, 0.25) is 5.16 Å². The third kappa shape index (κ3) is 3.62. The van der Waals surface area contributed by atoms with Gasteiger partial charge in [0.05, 0.1) is 12.3 Å². The van der Waals surface area contributed by atoms with Gasteiger partial charge in [-0.2, -0.15) is 0 Å². The smallest absolute Gasteiger partial charge is 0.209 e. The minimum absolute atomic E-state index is 0.0542. The van der Waals surface area contributed by atoms with Gasteiger partial charge in [0.15, 0.2) is 23.4 Å². The number of benzene rings is 1. The summed E-state index contributed by atoms with van der Waals surface area (Å²) in [5, 5.41) is 11.9. The van der Waals surface area contributed by atoms with Crippen LogP contribution in [0.3, 0.4) is 0 Å². The summed E-state index contributed by atoms with van der Waals surface area (Å²) in [5.74, 6) is 1.87. The van der Waals surface area contributed by atoms with Crippen molar-refractivity contribution in [2.24, 2.45) is 7.05 Å². The predicted octanol–water partition coefficient (Wildman–Crippen LogP) is 2.44. The molecule has 1 aliphatic rings. The number of thioether (sulfide) groups is 1. The summed E-state index contributed by atoms with van der Waals surface area (Å²) in [7, 11) is 1.75. The van der Waals surface area contributed by atoms with E-state index in [0.29, 0.717) is 18.3 Å². The summed E-state index contributed by atoms with van der Waals surface area (Å²) < 4.78 is 15.5. The maximum Gasteiger partial charge on any atom is 0.209 e. The quantitative estimate of drug-likeness (QED) is 0.465. The zero-order chi connectivity index (χ0) is 19.7. The highest BCUT2D eigenvalue weighted by Gasteiger charge is 2.24. The Morgan fingerprint density at radius 2 is 2.07 bits per heavy atom. The molecule has 0 radical (unpaired) electrons. The van der Waals surface area contributed by atoms with Gasteiger partial charge in [-0.15, -0.1) is 5.10 Å². The number of aromatic nitrogens is 5. The van der Waals surface area contributed by atoms with E-state index in [0.717, 1.165) is 28.5 Å². The predicted molar refractivity (Wildman–Crippen MR) is 104 cm³/mol. The number of hydrogen-bond acceptors (Lipinski definition) is 7. The number of ether oxygens (including phenoxy) is 2. The zero-order valence-corrected chi connectivity index (χ0v) is 16.8. The number of Topliss-reactive ketones (excluding diaryl/α,β-unsaturated/α-hetero) is 1. The van der Waals surface area contributed by atoms with E-state index in [-0.39, 0.29) is 17.6 Å². The molecule has 0 fully saturated rings. The van der Waals surface area contributed by atoms with Crippen molar-refractivity contribution in [2.45, 2.75) is 31.7 Å². The molecule has 0 saturated heterocycles. The molecule has 9 heteroatoms. The van der Waals surface area contributed by atoms with Crippen LogP contribution in [-0.4, -0.2) is 49.0 Å². The number of nitrogens with zero attached hydrogens (tertiary/aromatic N) is 5. The number of para-hydroxylation sites is 2. The fraction of sp³-hybridized carbons (Fsp3) is 0.368. The van der Waals surface area contributed by atoms with E-state index in [2.05, 4.69) is 20.1 Å². The molecule has 1 unspecified atom stereocenters. The van der Waals surface area contributed by atoms with Gasteiger partial charge < -0.3 is 14.0 Å². The molecule has 8 nitrogen and oxygen atoms in total. The molecule has 3 heterocycles. The molecule has 4 rings (SSSR count). The van der Waals surface area contributed by atoms with Gasteiger partial charge in [0.1, 0.15) is 6.61 Å². The van der Waals surface area contributed by atoms with Gasteiger partial charge in [0.25, 0.3) is 0 Å². The molecule has 0 aliphatic carbocycles. The van der Waals surface area contributed by atoms with Crippen molar-refractivity contribution < 1.29 is 14.3 Å². The minimum atomic E-state index is -0.109. The largest absolute Gasteiger partial charge is 0.486 e. The summed E-state index contributed by atoms with van der Waals surface area (Å²) >= 11 is 1.33. The van der Waals surface area contributed by atoms with Crippen molar-refractivity contribution in [1.82, 2.24) is 24.8 Å². The molecule has 28 heavy (non-hydrogen) atoms. The molecule has 0 amide bonds. The third-order valence-corrected chi connectivity index (χ3v) is 5.75. The van der Waals surface area contributed by atoms with Crippen molar-refractivity contribution in [3.05, 3.63) is 47.3 Å². The van der Waals surface area contributed by atoms with E-state index in [9.17, 15) is 4.79 Å². The highest BCUT2D eigenvalue weighted by molar-refractivity contribution is 7.99. The normalized spacial score (nSPS) is 15.6. The van der Waals surface area contributed by atoms with E-state index in [1.165, 1.54) is 11.8 Å². The molecule has 1 aromatic carbocycles. The second-order valence-electron chi connectivity index (χ2n) is 6.69. The number of aryl methyl sites for hydroxylation is 2. The second kappa shape index (κ2) is 7.67. The highest BCUT2D eigenvalue weighted by Crippen LogP contribution is 2.31. The Kier molecular flexibility index (Phi) is 5.08. The van der Waals surface area contributed by atoms with Crippen molar-refractivity contribution in [1.29, 1.82) is 0 Å².